The van der Waals surface area contributed by atoms with E-state index in [1.54, 1.807) is 18.2 Å². The topological polar surface area (TPSA) is 47.6 Å². The molecule has 0 aromatic heterocycles. The molecule has 0 aliphatic heterocycles. The largest absolute Gasteiger partial charge is 0.490 e. The summed E-state index contributed by atoms with van der Waals surface area (Å²) < 4.78 is 59.3. The van der Waals surface area contributed by atoms with Gasteiger partial charge in [-0.3, -0.25) is 4.79 Å². The van der Waals surface area contributed by atoms with E-state index in [4.69, 9.17) is 4.74 Å². The van der Waals surface area contributed by atoms with Gasteiger partial charge in [0.1, 0.15) is 5.75 Å². The lowest BCUT2D eigenvalue weighted by Gasteiger charge is -2.10. The standard InChI is InChI=1S/C18H17F4NO3/c19-15-3-1-2-4-16(15)25-10-9-17(24)23-11-13-5-7-14(8-6-13)26-12-18(20,21)22/h1-8H,9-12H2,(H,23,24). The van der Waals surface area contributed by atoms with Crippen molar-refractivity contribution in [1.82, 2.24) is 5.32 Å². The Bertz CT molecular complexity index is 717. The van der Waals surface area contributed by atoms with Crippen LogP contribution in [0.15, 0.2) is 48.5 Å². The van der Waals surface area contributed by atoms with Crippen LogP contribution in [-0.4, -0.2) is 25.3 Å². The molecule has 1 N–H and O–H groups in total. The van der Waals surface area contributed by atoms with Gasteiger partial charge in [-0.2, -0.15) is 13.2 Å². The van der Waals surface area contributed by atoms with Crippen molar-refractivity contribution in [2.45, 2.75) is 19.1 Å². The van der Waals surface area contributed by atoms with Gasteiger partial charge >= 0.3 is 6.18 Å². The van der Waals surface area contributed by atoms with Gasteiger partial charge in [0.05, 0.1) is 13.0 Å². The second-order valence-corrected chi connectivity index (χ2v) is 5.35. The van der Waals surface area contributed by atoms with Crippen LogP contribution in [0.25, 0.3) is 0 Å². The number of carbonyl (C=O) groups excluding carboxylic acids is 1. The van der Waals surface area contributed by atoms with Crippen LogP contribution in [-0.2, 0) is 11.3 Å². The number of ether oxygens (including phenoxy) is 2. The van der Waals surface area contributed by atoms with Crippen LogP contribution in [0.2, 0.25) is 0 Å². The highest BCUT2D eigenvalue weighted by atomic mass is 19.4. The molecule has 0 saturated carbocycles. The van der Waals surface area contributed by atoms with Gasteiger partial charge < -0.3 is 14.8 Å². The minimum Gasteiger partial charge on any atom is -0.490 e. The Labute approximate surface area is 147 Å². The van der Waals surface area contributed by atoms with Gasteiger partial charge in [0.15, 0.2) is 18.2 Å². The van der Waals surface area contributed by atoms with E-state index >= 15 is 0 Å². The minimum absolute atomic E-state index is 0.0248. The predicted octanol–water partition coefficient (Wildman–Crippen LogP) is 3.85. The zero-order valence-electron chi connectivity index (χ0n) is 13.7. The summed E-state index contributed by atoms with van der Waals surface area (Å²) >= 11 is 0. The van der Waals surface area contributed by atoms with Gasteiger partial charge in [-0.25, -0.2) is 4.39 Å². The zero-order valence-corrected chi connectivity index (χ0v) is 13.7. The molecular formula is C18H17F4NO3. The van der Waals surface area contributed by atoms with Crippen molar-refractivity contribution in [3.8, 4) is 11.5 Å². The second kappa shape index (κ2) is 9.07. The molecule has 0 aliphatic rings. The van der Waals surface area contributed by atoms with Gasteiger partial charge in [-0.15, -0.1) is 0 Å². The van der Waals surface area contributed by atoms with Crippen LogP contribution >= 0.6 is 0 Å². The first-order valence-corrected chi connectivity index (χ1v) is 7.76. The van der Waals surface area contributed by atoms with Crippen molar-refractivity contribution in [3.05, 3.63) is 59.9 Å². The molecule has 0 saturated heterocycles. The smallest absolute Gasteiger partial charge is 0.422 e. The van der Waals surface area contributed by atoms with Crippen molar-refractivity contribution in [2.24, 2.45) is 0 Å². The number of hydrogen-bond donors (Lipinski definition) is 1. The molecule has 1 amide bonds. The third kappa shape index (κ3) is 7.00. The Balaban J connectivity index is 1.69. The van der Waals surface area contributed by atoms with Crippen LogP contribution in [0.4, 0.5) is 17.6 Å². The van der Waals surface area contributed by atoms with Crippen molar-refractivity contribution in [1.29, 1.82) is 0 Å². The van der Waals surface area contributed by atoms with Gasteiger partial charge in [-0.1, -0.05) is 24.3 Å². The van der Waals surface area contributed by atoms with E-state index in [-0.39, 0.29) is 37.0 Å². The van der Waals surface area contributed by atoms with Gasteiger partial charge in [0.25, 0.3) is 0 Å². The van der Waals surface area contributed by atoms with Crippen LogP contribution < -0.4 is 14.8 Å². The Morgan fingerprint density at radius 1 is 1.00 bits per heavy atom. The zero-order chi connectivity index (χ0) is 19.0. The SMILES string of the molecule is O=C(CCOc1ccccc1F)NCc1ccc(OCC(F)(F)F)cc1. The van der Waals surface area contributed by atoms with E-state index in [9.17, 15) is 22.4 Å². The van der Waals surface area contributed by atoms with Crippen molar-refractivity contribution in [2.75, 3.05) is 13.2 Å². The molecule has 0 fully saturated rings. The Morgan fingerprint density at radius 3 is 2.35 bits per heavy atom. The van der Waals surface area contributed by atoms with Crippen LogP contribution in [0, 0.1) is 5.82 Å². The fraction of sp³-hybridized carbons (Fsp3) is 0.278. The molecule has 0 heterocycles. The van der Waals surface area contributed by atoms with Crippen LogP contribution in [0.3, 0.4) is 0 Å². The summed E-state index contributed by atoms with van der Waals surface area (Å²) in [5.74, 6) is -0.620. The molecule has 4 nitrogen and oxygen atoms in total. The van der Waals surface area contributed by atoms with Gasteiger partial charge in [0.2, 0.25) is 5.91 Å². The molecule has 0 atom stereocenters. The number of rotatable bonds is 8. The summed E-state index contributed by atoms with van der Waals surface area (Å²) in [6, 6.07) is 11.8. The fourth-order valence-electron chi connectivity index (χ4n) is 1.97. The summed E-state index contributed by atoms with van der Waals surface area (Å²) in [7, 11) is 0. The van der Waals surface area contributed by atoms with E-state index in [0.717, 1.165) is 0 Å². The lowest BCUT2D eigenvalue weighted by Crippen LogP contribution is -2.24. The van der Waals surface area contributed by atoms with Gasteiger partial charge in [0, 0.05) is 6.54 Å². The van der Waals surface area contributed by atoms with Crippen LogP contribution in [0.1, 0.15) is 12.0 Å². The summed E-state index contributed by atoms with van der Waals surface area (Å²) in [4.78, 5) is 11.7. The van der Waals surface area contributed by atoms with Crippen molar-refractivity contribution >= 4 is 5.91 Å². The predicted molar refractivity (Wildman–Crippen MR) is 86.4 cm³/mol. The highest BCUT2D eigenvalue weighted by molar-refractivity contribution is 5.76. The second-order valence-electron chi connectivity index (χ2n) is 5.35. The highest BCUT2D eigenvalue weighted by Crippen LogP contribution is 2.19. The maximum atomic E-state index is 13.3. The first-order chi connectivity index (χ1) is 12.3. The van der Waals surface area contributed by atoms with Crippen LogP contribution in [0.5, 0.6) is 11.5 Å². The summed E-state index contributed by atoms with van der Waals surface area (Å²) in [5, 5.41) is 2.64. The molecule has 0 radical (unpaired) electrons. The third-order valence-electron chi connectivity index (χ3n) is 3.24. The third-order valence-corrected chi connectivity index (χ3v) is 3.24. The fourth-order valence-corrected chi connectivity index (χ4v) is 1.97. The number of benzene rings is 2. The molecule has 2 aromatic carbocycles. The molecule has 0 unspecified atom stereocenters. The number of alkyl halides is 3. The number of halogens is 4. The van der Waals surface area contributed by atoms with E-state index in [0.29, 0.717) is 5.56 Å². The van der Waals surface area contributed by atoms with Gasteiger partial charge in [-0.05, 0) is 29.8 Å². The quantitative estimate of drug-likeness (QED) is 0.717. The first-order valence-electron chi connectivity index (χ1n) is 7.76. The van der Waals surface area contributed by atoms with E-state index in [1.807, 2.05) is 0 Å². The molecular weight excluding hydrogens is 354 g/mol. The molecule has 2 aromatic rings. The molecule has 0 spiro atoms. The Kier molecular flexibility index (Phi) is 6.82. The molecule has 2 rings (SSSR count). The van der Waals surface area contributed by atoms with E-state index in [1.165, 1.54) is 30.3 Å². The van der Waals surface area contributed by atoms with E-state index < -0.39 is 18.6 Å². The lowest BCUT2D eigenvalue weighted by molar-refractivity contribution is -0.153. The molecule has 0 aliphatic carbocycles. The molecule has 140 valence electrons. The number of para-hydroxylation sites is 1. The molecule has 8 heteroatoms. The number of amides is 1. The average molecular weight is 371 g/mol. The Hall–Kier alpha value is -2.77. The summed E-state index contributed by atoms with van der Waals surface area (Å²) in [5.41, 5.74) is 0.702. The number of hydrogen-bond acceptors (Lipinski definition) is 3. The number of nitrogens with one attached hydrogen (secondary N) is 1. The minimum atomic E-state index is -4.39. The van der Waals surface area contributed by atoms with E-state index in [2.05, 4.69) is 10.1 Å². The lowest BCUT2D eigenvalue weighted by atomic mass is 10.2. The number of carbonyl (C=O) groups is 1. The average Bonchev–Trinajstić information content (AvgIpc) is 2.60. The monoisotopic (exact) mass is 371 g/mol. The van der Waals surface area contributed by atoms with Crippen molar-refractivity contribution < 1.29 is 31.8 Å². The van der Waals surface area contributed by atoms with Crippen molar-refractivity contribution in [3.63, 3.8) is 0 Å². The highest BCUT2D eigenvalue weighted by Gasteiger charge is 2.28. The maximum absolute atomic E-state index is 13.3. The normalized spacial score (nSPS) is 11.1. The first kappa shape index (κ1) is 19.6. The molecule has 0 bridgehead atoms. The Morgan fingerprint density at radius 2 is 1.69 bits per heavy atom. The maximum Gasteiger partial charge on any atom is 0.422 e. The summed E-state index contributed by atoms with van der Waals surface area (Å²) in [6.45, 7) is -1.12. The summed E-state index contributed by atoms with van der Waals surface area (Å²) in [6.07, 6.45) is -4.35. The molecule has 26 heavy (non-hydrogen) atoms.